The van der Waals surface area contributed by atoms with Crippen LogP contribution < -0.4 is 15.4 Å². The van der Waals surface area contributed by atoms with E-state index in [1.165, 1.54) is 18.9 Å². The Bertz CT molecular complexity index is 1120. The highest BCUT2D eigenvalue weighted by Gasteiger charge is 2.42. The summed E-state index contributed by atoms with van der Waals surface area (Å²) in [6, 6.07) is 12.4. The number of hydrogen-bond donors (Lipinski definition) is 1. The first-order valence-corrected chi connectivity index (χ1v) is 14.8. The molecule has 0 radical (unpaired) electrons. The van der Waals surface area contributed by atoms with Crippen molar-refractivity contribution in [2.75, 3.05) is 37.2 Å². The number of hydrogen-bond acceptors (Lipinski definition) is 8. The lowest BCUT2D eigenvalue weighted by molar-refractivity contribution is -0.142. The van der Waals surface area contributed by atoms with Gasteiger partial charge in [0.15, 0.2) is 9.84 Å². The summed E-state index contributed by atoms with van der Waals surface area (Å²) in [6.45, 7) is 4.71. The van der Waals surface area contributed by atoms with E-state index in [0.29, 0.717) is 18.0 Å². The summed E-state index contributed by atoms with van der Waals surface area (Å²) in [4.78, 5) is 14.9. The van der Waals surface area contributed by atoms with Gasteiger partial charge in [-0.15, -0.1) is 11.8 Å². The van der Waals surface area contributed by atoms with E-state index in [9.17, 15) is 13.2 Å². The standard InChI is InChI=1S/C26H36N2O5S2/c1-5-7-13-26(6-2)17-28(19-11-9-8-10-12-19)21-14-23(34-4)22(15-24(21)35(30,31)18-26)33-16-20(27)25(29)32-3/h8-12,14-15,20H,5-7,13,16-18,27H2,1-4H3/t20?,26-/m1/s1. The van der Waals surface area contributed by atoms with Gasteiger partial charge in [0.05, 0.1) is 28.3 Å². The molecule has 1 unspecified atom stereocenters. The lowest BCUT2D eigenvalue weighted by Gasteiger charge is -2.36. The van der Waals surface area contributed by atoms with Crippen LogP contribution in [-0.4, -0.2) is 52.7 Å². The Kier molecular flexibility index (Phi) is 9.12. The summed E-state index contributed by atoms with van der Waals surface area (Å²) in [5, 5.41) is 0. The molecule has 3 rings (SSSR count). The maximum Gasteiger partial charge on any atom is 0.326 e. The van der Waals surface area contributed by atoms with E-state index >= 15 is 0 Å². The van der Waals surface area contributed by atoms with Crippen LogP contribution in [0, 0.1) is 5.41 Å². The van der Waals surface area contributed by atoms with Gasteiger partial charge in [0.1, 0.15) is 18.4 Å². The molecule has 2 atom stereocenters. The number of nitrogens with two attached hydrogens (primary N) is 1. The number of sulfone groups is 1. The molecule has 7 nitrogen and oxygen atoms in total. The van der Waals surface area contributed by atoms with Crippen molar-refractivity contribution in [3.05, 3.63) is 42.5 Å². The van der Waals surface area contributed by atoms with Crippen LogP contribution >= 0.6 is 11.8 Å². The number of esters is 1. The van der Waals surface area contributed by atoms with Gasteiger partial charge >= 0.3 is 5.97 Å². The van der Waals surface area contributed by atoms with E-state index in [-0.39, 0.29) is 22.7 Å². The molecule has 0 saturated heterocycles. The molecule has 2 N–H and O–H groups in total. The van der Waals surface area contributed by atoms with Crippen molar-refractivity contribution >= 4 is 38.9 Å². The zero-order chi connectivity index (χ0) is 25.6. The predicted molar refractivity (Wildman–Crippen MR) is 141 cm³/mol. The minimum absolute atomic E-state index is 0.0760. The lowest BCUT2D eigenvalue weighted by Crippen LogP contribution is -2.37. The molecule has 0 aromatic heterocycles. The minimum Gasteiger partial charge on any atom is -0.490 e. The van der Waals surface area contributed by atoms with Crippen LogP contribution in [0.4, 0.5) is 11.4 Å². The Balaban J connectivity index is 2.16. The summed E-state index contributed by atoms with van der Waals surface area (Å²) in [6.07, 6.45) is 5.48. The van der Waals surface area contributed by atoms with Crippen molar-refractivity contribution in [2.45, 2.75) is 55.4 Å². The van der Waals surface area contributed by atoms with Crippen LogP contribution in [0.2, 0.25) is 0 Å². The Morgan fingerprint density at radius 1 is 1.23 bits per heavy atom. The zero-order valence-electron chi connectivity index (χ0n) is 21.0. The molecular formula is C26H36N2O5S2. The number of unbranched alkanes of at least 4 members (excludes halogenated alkanes) is 1. The molecule has 192 valence electrons. The Hall–Kier alpha value is -2.23. The number of rotatable bonds is 10. The van der Waals surface area contributed by atoms with Crippen molar-refractivity contribution < 1.29 is 22.7 Å². The van der Waals surface area contributed by atoms with Gasteiger partial charge < -0.3 is 20.1 Å². The smallest absolute Gasteiger partial charge is 0.326 e. The average Bonchev–Trinajstić information content (AvgIpc) is 2.97. The van der Waals surface area contributed by atoms with Gasteiger partial charge in [0, 0.05) is 23.7 Å². The largest absolute Gasteiger partial charge is 0.490 e. The fourth-order valence-electron chi connectivity index (χ4n) is 4.54. The number of carbonyl (C=O) groups excluding carboxylic acids is 1. The van der Waals surface area contributed by atoms with E-state index in [4.69, 9.17) is 10.5 Å². The lowest BCUT2D eigenvalue weighted by atomic mass is 9.81. The van der Waals surface area contributed by atoms with Crippen LogP contribution in [0.1, 0.15) is 39.5 Å². The minimum atomic E-state index is -3.63. The zero-order valence-corrected chi connectivity index (χ0v) is 22.6. The van der Waals surface area contributed by atoms with Crippen molar-refractivity contribution in [3.8, 4) is 5.75 Å². The quantitative estimate of drug-likeness (QED) is 0.352. The molecule has 0 aliphatic carbocycles. The number of para-hydroxylation sites is 1. The van der Waals surface area contributed by atoms with Crippen LogP contribution in [0.15, 0.2) is 52.3 Å². The first kappa shape index (κ1) is 27.4. The molecule has 35 heavy (non-hydrogen) atoms. The fourth-order valence-corrected chi connectivity index (χ4v) is 7.27. The maximum absolute atomic E-state index is 13.9. The normalized spacial score (nSPS) is 20.0. The molecule has 0 fully saturated rings. The van der Waals surface area contributed by atoms with Crippen molar-refractivity contribution in [1.29, 1.82) is 0 Å². The molecular weight excluding hydrogens is 484 g/mol. The molecule has 1 aliphatic rings. The second kappa shape index (κ2) is 11.7. The third-order valence-corrected chi connectivity index (χ3v) is 9.41. The van der Waals surface area contributed by atoms with E-state index in [0.717, 1.165) is 36.3 Å². The number of fused-ring (bicyclic) bond motifs is 1. The summed E-state index contributed by atoms with van der Waals surface area (Å²) < 4.78 is 38.3. The predicted octanol–water partition coefficient (Wildman–Crippen LogP) is 4.80. The Labute approximate surface area is 213 Å². The van der Waals surface area contributed by atoms with Crippen molar-refractivity contribution in [1.82, 2.24) is 0 Å². The second-order valence-corrected chi connectivity index (χ2v) is 11.9. The van der Waals surface area contributed by atoms with Gasteiger partial charge in [-0.2, -0.15) is 0 Å². The van der Waals surface area contributed by atoms with Crippen molar-refractivity contribution in [2.24, 2.45) is 11.1 Å². The number of ether oxygens (including phenoxy) is 2. The number of benzene rings is 2. The van der Waals surface area contributed by atoms with E-state index in [1.54, 1.807) is 6.07 Å². The van der Waals surface area contributed by atoms with Gasteiger partial charge in [-0.1, -0.05) is 44.9 Å². The molecule has 0 spiro atoms. The van der Waals surface area contributed by atoms with Gasteiger partial charge in [-0.05, 0) is 37.3 Å². The molecule has 0 amide bonds. The average molecular weight is 521 g/mol. The number of carbonyl (C=O) groups is 1. The van der Waals surface area contributed by atoms with Crippen LogP contribution in [0.5, 0.6) is 5.75 Å². The maximum atomic E-state index is 13.9. The third-order valence-electron chi connectivity index (χ3n) is 6.66. The van der Waals surface area contributed by atoms with Gasteiger partial charge in [0.25, 0.3) is 0 Å². The van der Waals surface area contributed by atoms with E-state index in [1.807, 2.05) is 42.7 Å². The van der Waals surface area contributed by atoms with E-state index < -0.39 is 21.8 Å². The van der Waals surface area contributed by atoms with Gasteiger partial charge in [-0.3, -0.25) is 4.79 Å². The second-order valence-electron chi connectivity index (χ2n) is 9.05. The highest BCUT2D eigenvalue weighted by atomic mass is 32.2. The van der Waals surface area contributed by atoms with Gasteiger partial charge in [0.2, 0.25) is 0 Å². The number of methoxy groups -OCH3 is 1. The molecule has 1 heterocycles. The molecule has 2 aromatic carbocycles. The van der Waals surface area contributed by atoms with E-state index in [2.05, 4.69) is 23.5 Å². The molecule has 2 aromatic rings. The monoisotopic (exact) mass is 520 g/mol. The Morgan fingerprint density at radius 2 is 1.94 bits per heavy atom. The molecule has 0 saturated carbocycles. The molecule has 0 bridgehead atoms. The first-order chi connectivity index (χ1) is 16.7. The van der Waals surface area contributed by atoms with Crippen LogP contribution in [0.3, 0.4) is 0 Å². The first-order valence-electron chi connectivity index (χ1n) is 11.9. The summed E-state index contributed by atoms with van der Waals surface area (Å²) >= 11 is 1.45. The topological polar surface area (TPSA) is 98.9 Å². The summed E-state index contributed by atoms with van der Waals surface area (Å²) in [5.41, 5.74) is 7.07. The SMILES string of the molecule is CCCC[C@]1(CC)CN(c2ccccc2)c2cc(SC)c(OCC(N)C(=O)OC)cc2S(=O)(=O)C1. The number of thioether (sulfide) groups is 1. The van der Waals surface area contributed by atoms with Gasteiger partial charge in [-0.25, -0.2) is 8.42 Å². The summed E-state index contributed by atoms with van der Waals surface area (Å²) in [5.74, 6) is -0.117. The number of anilines is 2. The third kappa shape index (κ3) is 6.13. The van der Waals surface area contributed by atoms with Crippen LogP contribution in [0.25, 0.3) is 0 Å². The van der Waals surface area contributed by atoms with Crippen LogP contribution in [-0.2, 0) is 19.4 Å². The Morgan fingerprint density at radius 3 is 2.54 bits per heavy atom. The highest BCUT2D eigenvalue weighted by molar-refractivity contribution is 7.98. The number of nitrogens with zero attached hydrogens (tertiary/aromatic N) is 1. The summed E-state index contributed by atoms with van der Waals surface area (Å²) in [7, 11) is -2.37. The fraction of sp³-hybridized carbons (Fsp3) is 0.500. The molecule has 1 aliphatic heterocycles. The highest BCUT2D eigenvalue weighted by Crippen LogP contribution is 2.47. The molecule has 9 heteroatoms. The van der Waals surface area contributed by atoms with Crippen molar-refractivity contribution in [3.63, 3.8) is 0 Å².